The molecular weight excluding hydrogens is 304 g/mol. The van der Waals surface area contributed by atoms with E-state index < -0.39 is 35.2 Å². The molecule has 0 saturated heterocycles. The molecule has 1 aromatic rings. The van der Waals surface area contributed by atoms with Gasteiger partial charge in [-0.15, -0.1) is 0 Å². The van der Waals surface area contributed by atoms with Gasteiger partial charge in [0, 0.05) is 5.56 Å². The number of nitrogens with one attached hydrogen (secondary N) is 1. The van der Waals surface area contributed by atoms with Crippen molar-refractivity contribution in [3.63, 3.8) is 0 Å². The molecule has 1 aromatic carbocycles. The minimum atomic E-state index is -1.08. The molecule has 23 heavy (non-hydrogen) atoms. The van der Waals surface area contributed by atoms with E-state index in [1.807, 2.05) is 0 Å². The molecule has 1 fully saturated rings. The molecule has 2 rings (SSSR count). The number of Topliss-reactive ketones (excluding diaryl/α,β-unsaturated/α-hetero) is 1. The Morgan fingerprint density at radius 2 is 1.91 bits per heavy atom. The second-order valence-corrected chi connectivity index (χ2v) is 6.87. The highest BCUT2D eigenvalue weighted by atomic mass is 19.2. The van der Waals surface area contributed by atoms with Gasteiger partial charge in [0.15, 0.2) is 17.4 Å². The zero-order chi connectivity index (χ0) is 17.2. The summed E-state index contributed by atoms with van der Waals surface area (Å²) in [4.78, 5) is 24.4. The lowest BCUT2D eigenvalue weighted by atomic mass is 9.99. The van der Waals surface area contributed by atoms with Crippen molar-refractivity contribution in [2.75, 3.05) is 0 Å². The van der Waals surface area contributed by atoms with Gasteiger partial charge in [0.25, 0.3) is 0 Å². The first-order valence-electron chi connectivity index (χ1n) is 7.64. The highest BCUT2D eigenvalue weighted by Crippen LogP contribution is 2.34. The molecule has 0 spiro atoms. The molecule has 1 aliphatic rings. The fourth-order valence-corrected chi connectivity index (χ4v) is 2.22. The molecule has 6 heteroatoms. The summed E-state index contributed by atoms with van der Waals surface area (Å²) in [5.74, 6) is -2.18. The average Bonchev–Trinajstić information content (AvgIpc) is 3.22. The van der Waals surface area contributed by atoms with Crippen LogP contribution in [0, 0.1) is 17.6 Å². The van der Waals surface area contributed by atoms with Crippen molar-refractivity contribution in [1.82, 2.24) is 5.32 Å². The molecule has 1 atom stereocenters. The van der Waals surface area contributed by atoms with Gasteiger partial charge in [-0.3, -0.25) is 4.79 Å². The van der Waals surface area contributed by atoms with E-state index in [0.717, 1.165) is 25.0 Å². The van der Waals surface area contributed by atoms with E-state index in [9.17, 15) is 18.4 Å². The van der Waals surface area contributed by atoms with Crippen molar-refractivity contribution in [3.8, 4) is 0 Å². The van der Waals surface area contributed by atoms with Crippen LogP contribution in [0.4, 0.5) is 13.6 Å². The Hall–Kier alpha value is -1.98. The van der Waals surface area contributed by atoms with Gasteiger partial charge in [0.1, 0.15) is 5.60 Å². The maximum Gasteiger partial charge on any atom is 0.408 e. The Balaban J connectivity index is 2.11. The fraction of sp³-hybridized carbons (Fsp3) is 0.529. The molecule has 1 unspecified atom stereocenters. The maximum atomic E-state index is 13.3. The quantitative estimate of drug-likeness (QED) is 0.837. The number of ether oxygens (including phenoxy) is 1. The molecule has 4 nitrogen and oxygen atoms in total. The van der Waals surface area contributed by atoms with Crippen LogP contribution in [0.1, 0.15) is 50.4 Å². The number of hydrogen-bond acceptors (Lipinski definition) is 3. The molecule has 0 bridgehead atoms. The van der Waals surface area contributed by atoms with Crippen LogP contribution in [-0.4, -0.2) is 23.5 Å². The Morgan fingerprint density at radius 1 is 1.26 bits per heavy atom. The minimum absolute atomic E-state index is 0.0330. The van der Waals surface area contributed by atoms with Crippen LogP contribution in [0.3, 0.4) is 0 Å². The summed E-state index contributed by atoms with van der Waals surface area (Å²) in [5, 5.41) is 2.55. The van der Waals surface area contributed by atoms with Crippen molar-refractivity contribution in [2.45, 2.75) is 51.7 Å². The van der Waals surface area contributed by atoms with Gasteiger partial charge in [0.05, 0.1) is 6.04 Å². The summed E-state index contributed by atoms with van der Waals surface area (Å²) in [5.41, 5.74) is -0.648. The number of benzene rings is 1. The largest absolute Gasteiger partial charge is 0.444 e. The van der Waals surface area contributed by atoms with E-state index in [0.29, 0.717) is 12.3 Å². The lowest BCUT2D eigenvalue weighted by molar-refractivity contribution is 0.0487. The molecule has 0 aromatic heterocycles. The zero-order valence-electron chi connectivity index (χ0n) is 13.5. The first-order chi connectivity index (χ1) is 10.7. The van der Waals surface area contributed by atoms with Crippen LogP contribution >= 0.6 is 0 Å². The number of rotatable bonds is 5. The van der Waals surface area contributed by atoms with Gasteiger partial charge in [-0.05, 0) is 51.3 Å². The second kappa shape index (κ2) is 6.64. The minimum Gasteiger partial charge on any atom is -0.444 e. The van der Waals surface area contributed by atoms with Crippen LogP contribution in [0.5, 0.6) is 0 Å². The summed E-state index contributed by atoms with van der Waals surface area (Å²) in [6.07, 6.45) is 1.77. The first-order valence-corrected chi connectivity index (χ1v) is 7.64. The zero-order valence-corrected chi connectivity index (χ0v) is 13.5. The number of amides is 1. The van der Waals surface area contributed by atoms with Crippen LogP contribution in [-0.2, 0) is 4.74 Å². The van der Waals surface area contributed by atoms with Crippen LogP contribution < -0.4 is 5.32 Å². The highest BCUT2D eigenvalue weighted by molar-refractivity contribution is 6.01. The average molecular weight is 325 g/mol. The van der Waals surface area contributed by atoms with Gasteiger partial charge in [-0.2, -0.15) is 0 Å². The Morgan fingerprint density at radius 3 is 2.43 bits per heavy atom. The molecule has 0 heterocycles. The van der Waals surface area contributed by atoms with E-state index in [4.69, 9.17) is 4.74 Å². The Kier molecular flexibility index (Phi) is 5.02. The van der Waals surface area contributed by atoms with Crippen LogP contribution in [0.15, 0.2) is 18.2 Å². The third kappa shape index (κ3) is 5.30. The summed E-state index contributed by atoms with van der Waals surface area (Å²) in [6, 6.07) is 2.18. The number of carbonyl (C=O) groups is 2. The summed E-state index contributed by atoms with van der Waals surface area (Å²) < 4.78 is 31.5. The Bertz CT molecular complexity index is 606. The van der Waals surface area contributed by atoms with Gasteiger partial charge >= 0.3 is 6.09 Å². The molecule has 1 saturated carbocycles. The van der Waals surface area contributed by atoms with Crippen molar-refractivity contribution < 1.29 is 23.1 Å². The summed E-state index contributed by atoms with van der Waals surface area (Å²) >= 11 is 0. The lowest BCUT2D eigenvalue weighted by Crippen LogP contribution is -2.43. The predicted molar refractivity (Wildman–Crippen MR) is 81.2 cm³/mol. The third-order valence-corrected chi connectivity index (χ3v) is 3.48. The SMILES string of the molecule is CC(C)(C)OC(=O)NC(CC1CC1)C(=O)c1ccc(F)c(F)c1. The summed E-state index contributed by atoms with van der Waals surface area (Å²) in [6.45, 7) is 5.17. The van der Waals surface area contributed by atoms with Gasteiger partial charge in [-0.25, -0.2) is 13.6 Å². The van der Waals surface area contributed by atoms with Crippen molar-refractivity contribution in [1.29, 1.82) is 0 Å². The van der Waals surface area contributed by atoms with E-state index in [1.54, 1.807) is 20.8 Å². The van der Waals surface area contributed by atoms with E-state index in [2.05, 4.69) is 5.32 Å². The maximum absolute atomic E-state index is 13.3. The number of carbonyl (C=O) groups excluding carboxylic acids is 2. The number of ketones is 1. The fourth-order valence-electron chi connectivity index (χ4n) is 2.22. The molecule has 0 radical (unpaired) electrons. The van der Waals surface area contributed by atoms with Crippen LogP contribution in [0.2, 0.25) is 0 Å². The normalized spacial score (nSPS) is 15.9. The standard InChI is InChI=1S/C17H21F2NO3/c1-17(2,3)23-16(22)20-14(8-10-4-5-10)15(21)11-6-7-12(18)13(19)9-11/h6-7,9-10,14H,4-5,8H2,1-3H3,(H,20,22). The van der Waals surface area contributed by atoms with Gasteiger partial charge in [0.2, 0.25) is 0 Å². The molecule has 0 aliphatic heterocycles. The van der Waals surface area contributed by atoms with Crippen LogP contribution in [0.25, 0.3) is 0 Å². The predicted octanol–water partition coefficient (Wildman–Crippen LogP) is 3.84. The Labute approximate surface area is 134 Å². The topological polar surface area (TPSA) is 55.4 Å². The smallest absolute Gasteiger partial charge is 0.408 e. The van der Waals surface area contributed by atoms with E-state index in [-0.39, 0.29) is 5.56 Å². The molecule has 126 valence electrons. The van der Waals surface area contributed by atoms with E-state index in [1.165, 1.54) is 6.07 Å². The molecule has 1 amide bonds. The monoisotopic (exact) mass is 325 g/mol. The lowest BCUT2D eigenvalue weighted by Gasteiger charge is -2.23. The van der Waals surface area contributed by atoms with Crippen molar-refractivity contribution in [2.24, 2.45) is 5.92 Å². The first kappa shape index (κ1) is 17.4. The number of alkyl carbamates (subject to hydrolysis) is 1. The van der Waals surface area contributed by atoms with Crippen molar-refractivity contribution >= 4 is 11.9 Å². The summed E-state index contributed by atoms with van der Waals surface area (Å²) in [7, 11) is 0. The molecule has 1 aliphatic carbocycles. The second-order valence-electron chi connectivity index (χ2n) is 6.87. The highest BCUT2D eigenvalue weighted by Gasteiger charge is 2.32. The van der Waals surface area contributed by atoms with Crippen molar-refractivity contribution in [3.05, 3.63) is 35.4 Å². The number of halogens is 2. The van der Waals surface area contributed by atoms with E-state index >= 15 is 0 Å². The van der Waals surface area contributed by atoms with Gasteiger partial charge < -0.3 is 10.1 Å². The molecule has 1 N–H and O–H groups in total. The third-order valence-electron chi connectivity index (χ3n) is 3.48. The molecular formula is C17H21F2NO3. The van der Waals surface area contributed by atoms with Gasteiger partial charge in [-0.1, -0.05) is 12.8 Å². The number of hydrogen-bond donors (Lipinski definition) is 1.